The highest BCUT2D eigenvalue weighted by Crippen LogP contribution is 2.24. The molecule has 9 nitrogen and oxygen atoms in total. The molecule has 0 atom stereocenters. The Hall–Kier alpha value is -2.88. The van der Waals surface area contributed by atoms with Gasteiger partial charge in [0.05, 0.1) is 0 Å². The number of rotatable bonds is 5. The van der Waals surface area contributed by atoms with E-state index < -0.39 is 15.7 Å². The lowest BCUT2D eigenvalue weighted by molar-refractivity contribution is 0.0949. The summed E-state index contributed by atoms with van der Waals surface area (Å²) in [5.41, 5.74) is 6.89. The molecule has 0 saturated heterocycles. The summed E-state index contributed by atoms with van der Waals surface area (Å²) in [7, 11) is -3.71. The minimum atomic E-state index is -3.71. The molecule has 1 aromatic carbocycles. The predicted molar refractivity (Wildman–Crippen MR) is 95.7 cm³/mol. The third-order valence-electron chi connectivity index (χ3n) is 4.02. The molecule has 1 aliphatic carbocycles. The van der Waals surface area contributed by atoms with Crippen molar-refractivity contribution in [3.8, 4) is 0 Å². The molecule has 1 aliphatic rings. The summed E-state index contributed by atoms with van der Waals surface area (Å²) in [6.45, 7) is 1.76. The standard InChI is InChI=1S/C16H19N5O4S/c1-8-3-4-9(14(22)18-10-5-6-10)7-11(8)19-15(23)12-13(17)20-21-16(12)26(2,24)25/h3-4,7,10H,5-6H2,1-2H3,(H,18,22)(H,19,23)(H3,17,20,21). The number of carbonyl (C=O) groups is 2. The van der Waals surface area contributed by atoms with Gasteiger partial charge >= 0.3 is 0 Å². The number of nitrogens with two attached hydrogens (primary N) is 1. The lowest BCUT2D eigenvalue weighted by Crippen LogP contribution is -2.25. The Morgan fingerprint density at radius 1 is 1.27 bits per heavy atom. The van der Waals surface area contributed by atoms with Crippen LogP contribution >= 0.6 is 0 Å². The number of carbonyl (C=O) groups excluding carboxylic acids is 2. The molecule has 0 radical (unpaired) electrons. The molecule has 0 aliphatic heterocycles. The van der Waals surface area contributed by atoms with Crippen molar-refractivity contribution in [2.75, 3.05) is 17.3 Å². The zero-order valence-electron chi connectivity index (χ0n) is 14.3. The molecule has 2 amide bonds. The quantitative estimate of drug-likeness (QED) is 0.607. The van der Waals surface area contributed by atoms with E-state index in [0.717, 1.165) is 19.1 Å². The van der Waals surface area contributed by atoms with E-state index in [4.69, 9.17) is 5.73 Å². The van der Waals surface area contributed by atoms with E-state index in [1.807, 2.05) is 0 Å². The van der Waals surface area contributed by atoms with Crippen LogP contribution in [0, 0.1) is 6.92 Å². The first-order valence-corrected chi connectivity index (χ1v) is 9.82. The SMILES string of the molecule is Cc1ccc(C(=O)NC2CC2)cc1NC(=O)c1c(N)n[nH]c1S(C)(=O)=O. The first-order chi connectivity index (χ1) is 12.2. The van der Waals surface area contributed by atoms with E-state index in [-0.39, 0.29) is 28.4 Å². The maximum Gasteiger partial charge on any atom is 0.262 e. The van der Waals surface area contributed by atoms with Crippen LogP contribution < -0.4 is 16.4 Å². The first kappa shape index (κ1) is 17.9. The van der Waals surface area contributed by atoms with Crippen molar-refractivity contribution in [3.63, 3.8) is 0 Å². The molecule has 1 saturated carbocycles. The molecule has 5 N–H and O–H groups in total. The van der Waals surface area contributed by atoms with Crippen molar-refractivity contribution in [1.29, 1.82) is 0 Å². The first-order valence-electron chi connectivity index (χ1n) is 7.93. The normalized spacial score (nSPS) is 14.1. The lowest BCUT2D eigenvalue weighted by atomic mass is 10.1. The summed E-state index contributed by atoms with van der Waals surface area (Å²) in [5, 5.41) is 11.0. The number of amides is 2. The molecule has 0 unspecified atom stereocenters. The van der Waals surface area contributed by atoms with Crippen LogP contribution in [0.1, 0.15) is 39.1 Å². The van der Waals surface area contributed by atoms with Crippen molar-refractivity contribution >= 4 is 33.2 Å². The minimum absolute atomic E-state index is 0.213. The van der Waals surface area contributed by atoms with Crippen LogP contribution in [0.3, 0.4) is 0 Å². The fourth-order valence-electron chi connectivity index (χ4n) is 2.41. The lowest BCUT2D eigenvalue weighted by Gasteiger charge is -2.11. The van der Waals surface area contributed by atoms with E-state index in [2.05, 4.69) is 20.8 Å². The van der Waals surface area contributed by atoms with Crippen molar-refractivity contribution in [2.24, 2.45) is 0 Å². The summed E-state index contributed by atoms with van der Waals surface area (Å²) >= 11 is 0. The molecule has 0 bridgehead atoms. The summed E-state index contributed by atoms with van der Waals surface area (Å²) in [6, 6.07) is 5.12. The number of H-pyrrole nitrogens is 1. The Morgan fingerprint density at radius 2 is 1.96 bits per heavy atom. The topological polar surface area (TPSA) is 147 Å². The summed E-state index contributed by atoms with van der Waals surface area (Å²) in [5.74, 6) is -1.16. The zero-order chi connectivity index (χ0) is 19.1. The summed E-state index contributed by atoms with van der Waals surface area (Å²) in [4.78, 5) is 24.7. The number of hydrogen-bond acceptors (Lipinski definition) is 6. The van der Waals surface area contributed by atoms with Gasteiger partial charge in [0.2, 0.25) is 0 Å². The minimum Gasteiger partial charge on any atom is -0.382 e. The highest BCUT2D eigenvalue weighted by atomic mass is 32.2. The summed E-state index contributed by atoms with van der Waals surface area (Å²) in [6.07, 6.45) is 2.88. The van der Waals surface area contributed by atoms with Crippen molar-refractivity contribution < 1.29 is 18.0 Å². The van der Waals surface area contributed by atoms with Gasteiger partial charge in [-0.3, -0.25) is 14.7 Å². The van der Waals surface area contributed by atoms with Gasteiger partial charge in [-0.25, -0.2) is 8.42 Å². The van der Waals surface area contributed by atoms with Crippen molar-refractivity contribution in [3.05, 3.63) is 34.9 Å². The van der Waals surface area contributed by atoms with E-state index in [1.54, 1.807) is 25.1 Å². The molecule has 10 heteroatoms. The fraction of sp³-hybridized carbons (Fsp3) is 0.312. The van der Waals surface area contributed by atoms with Gasteiger partial charge in [-0.15, -0.1) is 0 Å². The average molecular weight is 377 g/mol. The molecule has 3 rings (SSSR count). The molecule has 1 heterocycles. The van der Waals surface area contributed by atoms with Crippen LogP contribution in [0.5, 0.6) is 0 Å². The van der Waals surface area contributed by atoms with E-state index in [1.165, 1.54) is 0 Å². The molecule has 1 fully saturated rings. The summed E-state index contributed by atoms with van der Waals surface area (Å²) < 4.78 is 23.6. The molecule has 1 aromatic heterocycles. The molecule has 0 spiro atoms. The Morgan fingerprint density at radius 3 is 2.58 bits per heavy atom. The zero-order valence-corrected chi connectivity index (χ0v) is 15.1. The molecular formula is C16H19N5O4S. The highest BCUT2D eigenvalue weighted by molar-refractivity contribution is 7.90. The third-order valence-corrected chi connectivity index (χ3v) is 5.06. The number of nitrogens with one attached hydrogen (secondary N) is 3. The number of nitrogens with zero attached hydrogens (tertiary/aromatic N) is 1. The second kappa shape index (κ2) is 6.45. The smallest absolute Gasteiger partial charge is 0.262 e. The van der Waals surface area contributed by atoms with Gasteiger partial charge in [-0.05, 0) is 37.5 Å². The van der Waals surface area contributed by atoms with E-state index in [0.29, 0.717) is 16.8 Å². The number of anilines is 2. The number of aryl methyl sites for hydroxylation is 1. The highest BCUT2D eigenvalue weighted by Gasteiger charge is 2.26. The number of sulfone groups is 1. The van der Waals surface area contributed by atoms with E-state index >= 15 is 0 Å². The monoisotopic (exact) mass is 377 g/mol. The van der Waals surface area contributed by atoms with Crippen LogP contribution in [0.4, 0.5) is 11.5 Å². The van der Waals surface area contributed by atoms with Gasteiger partial charge in [0.15, 0.2) is 20.7 Å². The Bertz CT molecular complexity index is 992. The largest absolute Gasteiger partial charge is 0.382 e. The fourth-order valence-corrected chi connectivity index (χ4v) is 3.19. The maximum absolute atomic E-state index is 12.6. The van der Waals surface area contributed by atoms with Crippen molar-refractivity contribution in [2.45, 2.75) is 30.8 Å². The van der Waals surface area contributed by atoms with Gasteiger partial charge in [-0.2, -0.15) is 5.10 Å². The molecule has 26 heavy (non-hydrogen) atoms. The van der Waals surface area contributed by atoms with Gasteiger partial charge < -0.3 is 16.4 Å². The van der Waals surface area contributed by atoms with Crippen LogP contribution in [-0.4, -0.2) is 42.7 Å². The second-order valence-electron chi connectivity index (χ2n) is 6.32. The van der Waals surface area contributed by atoms with Crippen LogP contribution in [-0.2, 0) is 9.84 Å². The van der Waals surface area contributed by atoms with Crippen LogP contribution in [0.15, 0.2) is 23.2 Å². The van der Waals surface area contributed by atoms with Gasteiger partial charge in [0.25, 0.3) is 11.8 Å². The Balaban J connectivity index is 1.88. The van der Waals surface area contributed by atoms with E-state index in [9.17, 15) is 18.0 Å². The predicted octanol–water partition coefficient (Wildman–Crippen LogP) is 0.848. The van der Waals surface area contributed by atoms with Gasteiger partial charge in [0.1, 0.15) is 5.56 Å². The van der Waals surface area contributed by atoms with Gasteiger partial charge in [0, 0.05) is 23.5 Å². The third kappa shape index (κ3) is 3.69. The molecule has 2 aromatic rings. The average Bonchev–Trinajstić information content (AvgIpc) is 3.26. The van der Waals surface area contributed by atoms with Crippen molar-refractivity contribution in [1.82, 2.24) is 15.5 Å². The number of hydrogen-bond donors (Lipinski definition) is 4. The second-order valence-corrected chi connectivity index (χ2v) is 8.27. The Kier molecular flexibility index (Phi) is 4.45. The molecular weight excluding hydrogens is 358 g/mol. The number of benzene rings is 1. The number of aromatic nitrogens is 2. The number of aromatic amines is 1. The van der Waals surface area contributed by atoms with Gasteiger partial charge in [-0.1, -0.05) is 6.07 Å². The number of nitrogen functional groups attached to an aromatic ring is 1. The maximum atomic E-state index is 12.6. The van der Waals surface area contributed by atoms with Crippen LogP contribution in [0.2, 0.25) is 0 Å². The van der Waals surface area contributed by atoms with Crippen LogP contribution in [0.25, 0.3) is 0 Å². The Labute approximate surface area is 150 Å². The molecule has 138 valence electrons.